The Balaban J connectivity index is 1.45. The number of hydrogen-bond donors (Lipinski definition) is 1. The molecule has 2 aliphatic rings. The van der Waals surface area contributed by atoms with Crippen LogP contribution in [0.3, 0.4) is 0 Å². The van der Waals surface area contributed by atoms with Crippen molar-refractivity contribution in [2.75, 3.05) is 18.5 Å². The van der Waals surface area contributed by atoms with Gasteiger partial charge >= 0.3 is 6.03 Å². The first-order valence-corrected chi connectivity index (χ1v) is 9.89. The Kier molecular flexibility index (Phi) is 4.89. The summed E-state index contributed by atoms with van der Waals surface area (Å²) in [6.45, 7) is 1.37. The van der Waals surface area contributed by atoms with E-state index in [1.54, 1.807) is 37.1 Å². The predicted molar refractivity (Wildman–Crippen MR) is 111 cm³/mol. The number of carbonyl (C=O) groups excluding carboxylic acids is 4. The van der Waals surface area contributed by atoms with Crippen molar-refractivity contribution < 1.29 is 19.2 Å². The number of nitrogens with zero attached hydrogens (tertiary/aromatic N) is 2. The largest absolute Gasteiger partial charge is 0.325 e. The molecule has 4 rings (SSSR count). The number of Topliss-reactive ketones (excluding diaryl/α,β-unsaturated/α-hetero) is 1. The van der Waals surface area contributed by atoms with Crippen molar-refractivity contribution in [3.8, 4) is 0 Å². The first-order chi connectivity index (χ1) is 14.3. The fourth-order valence-electron chi connectivity index (χ4n) is 3.98. The zero-order valence-corrected chi connectivity index (χ0v) is 17.0. The van der Waals surface area contributed by atoms with Gasteiger partial charge in [0.15, 0.2) is 5.78 Å². The lowest BCUT2D eigenvalue weighted by Gasteiger charge is -2.21. The van der Waals surface area contributed by atoms with Gasteiger partial charge < -0.3 is 10.2 Å². The van der Waals surface area contributed by atoms with Gasteiger partial charge in [-0.2, -0.15) is 0 Å². The fourth-order valence-corrected chi connectivity index (χ4v) is 3.98. The lowest BCUT2D eigenvalue weighted by atomic mass is 9.93. The number of urea groups is 1. The van der Waals surface area contributed by atoms with E-state index in [0.29, 0.717) is 18.4 Å². The standard InChI is InChI=1S/C23H23N3O4/c1-23(11-10-15-6-4-3-5-7-15)21(29)26(22(30)24-23)14-19(27)16-8-9-18-17(12-16)13-20(28)25(18)2/h3-9,12H,10-11,13-14H2,1-2H3,(H,24,30)/t23-/m0/s1. The Hall–Kier alpha value is -3.48. The molecule has 154 valence electrons. The van der Waals surface area contributed by atoms with Gasteiger partial charge in [-0.1, -0.05) is 30.3 Å². The van der Waals surface area contributed by atoms with E-state index in [4.69, 9.17) is 0 Å². The number of aryl methyl sites for hydroxylation is 1. The van der Waals surface area contributed by atoms with Gasteiger partial charge in [-0.15, -0.1) is 0 Å². The van der Waals surface area contributed by atoms with Gasteiger partial charge in [-0.05, 0) is 49.1 Å². The van der Waals surface area contributed by atoms with Crippen LogP contribution in [-0.2, 0) is 22.4 Å². The van der Waals surface area contributed by atoms with Crippen LogP contribution < -0.4 is 10.2 Å². The molecule has 0 unspecified atom stereocenters. The second-order valence-electron chi connectivity index (χ2n) is 8.04. The van der Waals surface area contributed by atoms with Crippen LogP contribution >= 0.6 is 0 Å². The molecule has 0 spiro atoms. The average molecular weight is 405 g/mol. The summed E-state index contributed by atoms with van der Waals surface area (Å²) < 4.78 is 0. The van der Waals surface area contributed by atoms with Crippen LogP contribution in [0.4, 0.5) is 10.5 Å². The molecule has 2 aromatic rings. The Morgan fingerprint density at radius 1 is 1.10 bits per heavy atom. The number of anilines is 1. The number of rotatable bonds is 6. The minimum atomic E-state index is -1.04. The maximum absolute atomic E-state index is 12.9. The molecule has 4 amide bonds. The molecule has 1 atom stereocenters. The summed E-state index contributed by atoms with van der Waals surface area (Å²) in [5.41, 5.74) is 1.97. The third-order valence-corrected chi connectivity index (χ3v) is 5.88. The van der Waals surface area contributed by atoms with Crippen molar-refractivity contribution in [1.82, 2.24) is 10.2 Å². The second-order valence-corrected chi connectivity index (χ2v) is 8.04. The number of carbonyl (C=O) groups is 4. The highest BCUT2D eigenvalue weighted by atomic mass is 16.2. The third kappa shape index (κ3) is 3.47. The van der Waals surface area contributed by atoms with Gasteiger partial charge in [-0.25, -0.2) is 4.79 Å². The first kappa shape index (κ1) is 19.8. The van der Waals surface area contributed by atoms with E-state index < -0.39 is 17.5 Å². The van der Waals surface area contributed by atoms with Gasteiger partial charge in [0.05, 0.1) is 13.0 Å². The zero-order chi connectivity index (χ0) is 21.5. The minimum absolute atomic E-state index is 0.0297. The van der Waals surface area contributed by atoms with E-state index in [2.05, 4.69) is 5.32 Å². The van der Waals surface area contributed by atoms with Crippen molar-refractivity contribution in [3.63, 3.8) is 0 Å². The molecule has 1 N–H and O–H groups in total. The summed E-state index contributed by atoms with van der Waals surface area (Å²) in [4.78, 5) is 52.5. The van der Waals surface area contributed by atoms with Gasteiger partial charge in [0, 0.05) is 18.3 Å². The zero-order valence-electron chi connectivity index (χ0n) is 17.0. The van der Waals surface area contributed by atoms with E-state index >= 15 is 0 Å². The number of ketones is 1. The summed E-state index contributed by atoms with van der Waals surface area (Å²) in [6.07, 6.45) is 1.32. The Morgan fingerprint density at radius 2 is 1.83 bits per heavy atom. The molecule has 30 heavy (non-hydrogen) atoms. The van der Waals surface area contributed by atoms with Crippen LogP contribution in [0.15, 0.2) is 48.5 Å². The normalized spacial score (nSPS) is 20.5. The van der Waals surface area contributed by atoms with Crippen LogP contribution in [0.5, 0.6) is 0 Å². The number of fused-ring (bicyclic) bond motifs is 1. The van der Waals surface area contributed by atoms with Gasteiger partial charge in [-0.3, -0.25) is 19.3 Å². The monoisotopic (exact) mass is 405 g/mol. The van der Waals surface area contributed by atoms with Gasteiger partial charge in [0.2, 0.25) is 5.91 Å². The van der Waals surface area contributed by atoms with Gasteiger partial charge in [0.1, 0.15) is 5.54 Å². The molecule has 7 heteroatoms. The summed E-state index contributed by atoms with van der Waals surface area (Å²) >= 11 is 0. The fraction of sp³-hybridized carbons (Fsp3) is 0.304. The Morgan fingerprint density at radius 3 is 2.57 bits per heavy atom. The molecule has 1 fully saturated rings. The maximum Gasteiger partial charge on any atom is 0.325 e. The van der Waals surface area contributed by atoms with E-state index in [9.17, 15) is 19.2 Å². The number of amides is 4. The summed E-state index contributed by atoms with van der Waals surface area (Å²) in [6, 6.07) is 14.2. The first-order valence-electron chi connectivity index (χ1n) is 9.89. The van der Waals surface area contributed by atoms with Gasteiger partial charge in [0.25, 0.3) is 5.91 Å². The van der Waals surface area contributed by atoms with E-state index in [0.717, 1.165) is 21.7 Å². The Bertz CT molecular complexity index is 1050. The lowest BCUT2D eigenvalue weighted by molar-refractivity contribution is -0.130. The van der Waals surface area contributed by atoms with Crippen LogP contribution in [0.2, 0.25) is 0 Å². The molecule has 2 aliphatic heterocycles. The molecule has 7 nitrogen and oxygen atoms in total. The number of benzene rings is 2. The van der Waals surface area contributed by atoms with Crippen molar-refractivity contribution in [2.24, 2.45) is 0 Å². The SMILES string of the molecule is CN1C(=O)Cc2cc(C(=O)CN3C(=O)N[C@@](C)(CCc4ccccc4)C3=O)ccc21. The lowest BCUT2D eigenvalue weighted by Crippen LogP contribution is -2.44. The molecule has 2 aromatic carbocycles. The van der Waals surface area contributed by atoms with Crippen molar-refractivity contribution in [1.29, 1.82) is 0 Å². The van der Waals surface area contributed by atoms with E-state index in [-0.39, 0.29) is 24.7 Å². The molecular weight excluding hydrogens is 382 g/mol. The molecule has 2 heterocycles. The number of imide groups is 1. The van der Waals surface area contributed by atoms with Crippen LogP contribution in [0, 0.1) is 0 Å². The van der Waals surface area contributed by atoms with Crippen LogP contribution in [0.25, 0.3) is 0 Å². The average Bonchev–Trinajstić information content (AvgIpc) is 3.14. The quantitative estimate of drug-likeness (QED) is 0.590. The predicted octanol–water partition coefficient (Wildman–Crippen LogP) is 2.33. The van der Waals surface area contributed by atoms with Crippen LogP contribution in [0.1, 0.15) is 34.8 Å². The molecule has 0 aliphatic carbocycles. The molecule has 0 aromatic heterocycles. The highest BCUT2D eigenvalue weighted by molar-refractivity contribution is 6.11. The summed E-state index contributed by atoms with van der Waals surface area (Å²) in [5.74, 6) is -0.763. The molecular formula is C23H23N3O4. The minimum Gasteiger partial charge on any atom is -0.323 e. The van der Waals surface area contributed by atoms with E-state index in [1.165, 1.54) is 0 Å². The number of nitrogens with one attached hydrogen (secondary N) is 1. The molecule has 0 radical (unpaired) electrons. The molecule has 0 bridgehead atoms. The van der Waals surface area contributed by atoms with Crippen molar-refractivity contribution in [2.45, 2.75) is 31.7 Å². The number of hydrogen-bond acceptors (Lipinski definition) is 4. The van der Waals surface area contributed by atoms with Crippen molar-refractivity contribution >= 4 is 29.3 Å². The molecule has 0 saturated carbocycles. The maximum atomic E-state index is 12.9. The van der Waals surface area contributed by atoms with Crippen LogP contribution in [-0.4, -0.2) is 47.7 Å². The Labute approximate surface area is 174 Å². The smallest absolute Gasteiger partial charge is 0.323 e. The van der Waals surface area contributed by atoms with Crippen molar-refractivity contribution in [3.05, 3.63) is 65.2 Å². The highest BCUT2D eigenvalue weighted by Crippen LogP contribution is 2.29. The molecule has 1 saturated heterocycles. The van der Waals surface area contributed by atoms with E-state index in [1.807, 2.05) is 30.3 Å². The summed E-state index contributed by atoms with van der Waals surface area (Å²) in [5, 5.41) is 2.74. The highest BCUT2D eigenvalue weighted by Gasteiger charge is 2.47. The second kappa shape index (κ2) is 7.40. The number of likely N-dealkylation sites (N-methyl/N-ethyl adjacent to an activating group) is 1. The topological polar surface area (TPSA) is 86.8 Å². The summed E-state index contributed by atoms with van der Waals surface area (Å²) in [7, 11) is 1.69. The third-order valence-electron chi connectivity index (χ3n) is 5.88.